The summed E-state index contributed by atoms with van der Waals surface area (Å²) in [7, 11) is 3.53. The van der Waals surface area contributed by atoms with Crippen molar-refractivity contribution in [3.63, 3.8) is 0 Å². The fraction of sp³-hybridized carbons (Fsp3) is 0.400. The van der Waals surface area contributed by atoms with E-state index in [2.05, 4.69) is 6.07 Å². The molecule has 1 saturated heterocycles. The topological polar surface area (TPSA) is 49.9 Å². The van der Waals surface area contributed by atoms with E-state index in [0.29, 0.717) is 6.54 Å². The van der Waals surface area contributed by atoms with Crippen LogP contribution in [0.25, 0.3) is 0 Å². The molecule has 0 radical (unpaired) electrons. The first-order chi connectivity index (χ1) is 12.4. The van der Waals surface area contributed by atoms with E-state index in [4.69, 9.17) is 4.74 Å². The molecule has 2 aromatic rings. The van der Waals surface area contributed by atoms with Gasteiger partial charge in [-0.3, -0.25) is 9.59 Å². The highest BCUT2D eigenvalue weighted by Crippen LogP contribution is 2.32. The van der Waals surface area contributed by atoms with E-state index in [1.54, 1.807) is 35.2 Å². The van der Waals surface area contributed by atoms with Gasteiger partial charge in [0.2, 0.25) is 5.91 Å². The van der Waals surface area contributed by atoms with Crippen molar-refractivity contribution in [3.8, 4) is 0 Å². The zero-order valence-electron chi connectivity index (χ0n) is 15.6. The van der Waals surface area contributed by atoms with Gasteiger partial charge in [0.15, 0.2) is 6.10 Å². The van der Waals surface area contributed by atoms with Crippen LogP contribution in [0, 0.1) is 13.8 Å². The smallest absolute Gasteiger partial charge is 0.254 e. The second-order valence-corrected chi connectivity index (χ2v) is 7.76. The second kappa shape index (κ2) is 7.60. The number of ether oxygens (including phenoxy) is 1. The van der Waals surface area contributed by atoms with Crippen LogP contribution in [0.2, 0.25) is 0 Å². The van der Waals surface area contributed by atoms with Crippen LogP contribution in [0.1, 0.15) is 27.6 Å². The zero-order chi connectivity index (χ0) is 18.8. The van der Waals surface area contributed by atoms with E-state index in [-0.39, 0.29) is 18.4 Å². The highest BCUT2D eigenvalue weighted by Gasteiger charge is 2.41. The van der Waals surface area contributed by atoms with Gasteiger partial charge in [0.1, 0.15) is 6.61 Å². The van der Waals surface area contributed by atoms with Crippen molar-refractivity contribution in [1.82, 2.24) is 9.80 Å². The van der Waals surface area contributed by atoms with Gasteiger partial charge in [-0.15, -0.1) is 11.3 Å². The number of amides is 2. The molecule has 0 bridgehead atoms. The number of thiophene rings is 1. The molecular weight excluding hydrogens is 348 g/mol. The Kier molecular flexibility index (Phi) is 5.44. The van der Waals surface area contributed by atoms with Gasteiger partial charge in [-0.1, -0.05) is 24.3 Å². The lowest BCUT2D eigenvalue weighted by atomic mass is 9.93. The number of aryl methyl sites for hydroxylation is 2. The number of likely N-dealkylation sites (N-methyl/N-ethyl adjacent to an activating group) is 2. The summed E-state index contributed by atoms with van der Waals surface area (Å²) in [5, 5.41) is 2.03. The van der Waals surface area contributed by atoms with Crippen molar-refractivity contribution >= 4 is 23.2 Å². The molecule has 2 amide bonds. The molecule has 1 aliphatic heterocycles. The van der Waals surface area contributed by atoms with E-state index >= 15 is 0 Å². The highest BCUT2D eigenvalue weighted by atomic mass is 32.1. The molecule has 1 fully saturated rings. The van der Waals surface area contributed by atoms with Gasteiger partial charge in [-0.2, -0.15) is 0 Å². The SMILES string of the molecule is Cc1ccccc1[C@@H]1[C@@H](C(=O)N(C)Cc2sccc2C)OCC(=O)N1C. The van der Waals surface area contributed by atoms with E-state index in [0.717, 1.165) is 16.0 Å². The van der Waals surface area contributed by atoms with Crippen molar-refractivity contribution in [3.05, 3.63) is 57.3 Å². The first-order valence-corrected chi connectivity index (χ1v) is 9.49. The number of hydrogen-bond donors (Lipinski definition) is 0. The van der Waals surface area contributed by atoms with Gasteiger partial charge in [0.25, 0.3) is 5.91 Å². The fourth-order valence-electron chi connectivity index (χ4n) is 3.29. The number of carbonyl (C=O) groups excluding carboxylic acids is 2. The number of nitrogens with zero attached hydrogens (tertiary/aromatic N) is 2. The van der Waals surface area contributed by atoms with E-state index < -0.39 is 12.1 Å². The summed E-state index contributed by atoms with van der Waals surface area (Å²) in [6.07, 6.45) is -0.705. The van der Waals surface area contributed by atoms with Crippen molar-refractivity contribution in [1.29, 1.82) is 0 Å². The number of hydrogen-bond acceptors (Lipinski definition) is 4. The van der Waals surface area contributed by atoms with Crippen LogP contribution in [-0.2, 0) is 20.9 Å². The molecule has 0 unspecified atom stereocenters. The zero-order valence-corrected chi connectivity index (χ0v) is 16.4. The predicted molar refractivity (Wildman–Crippen MR) is 102 cm³/mol. The second-order valence-electron chi connectivity index (χ2n) is 6.76. The molecule has 0 N–H and O–H groups in total. The van der Waals surface area contributed by atoms with E-state index in [9.17, 15) is 9.59 Å². The molecule has 2 atom stereocenters. The third-order valence-electron chi connectivity index (χ3n) is 4.96. The molecule has 26 heavy (non-hydrogen) atoms. The van der Waals surface area contributed by atoms with Gasteiger partial charge in [0.05, 0.1) is 12.6 Å². The minimum atomic E-state index is -0.705. The third kappa shape index (κ3) is 3.52. The van der Waals surface area contributed by atoms with Crippen molar-refractivity contribution in [2.45, 2.75) is 32.5 Å². The molecule has 6 heteroatoms. The Morgan fingerprint density at radius 1 is 1.27 bits per heavy atom. The minimum Gasteiger partial charge on any atom is -0.356 e. The minimum absolute atomic E-state index is 0.0683. The van der Waals surface area contributed by atoms with Crippen molar-refractivity contribution in [2.75, 3.05) is 20.7 Å². The Hall–Kier alpha value is -2.18. The molecule has 5 nitrogen and oxygen atoms in total. The maximum absolute atomic E-state index is 13.2. The number of morpholine rings is 1. The predicted octanol–water partition coefficient (Wildman–Crippen LogP) is 2.92. The molecule has 0 aliphatic carbocycles. The molecule has 2 heterocycles. The van der Waals surface area contributed by atoms with Crippen LogP contribution in [-0.4, -0.2) is 48.4 Å². The van der Waals surface area contributed by atoms with Crippen LogP contribution >= 0.6 is 11.3 Å². The molecule has 3 rings (SSSR count). The number of rotatable bonds is 4. The third-order valence-corrected chi connectivity index (χ3v) is 5.97. The Balaban J connectivity index is 1.88. The Bertz CT molecular complexity index is 817. The Morgan fingerprint density at radius 3 is 2.65 bits per heavy atom. The first-order valence-electron chi connectivity index (χ1n) is 8.61. The molecule has 1 aromatic carbocycles. The first kappa shape index (κ1) is 18.6. The maximum Gasteiger partial charge on any atom is 0.254 e. The highest BCUT2D eigenvalue weighted by molar-refractivity contribution is 7.10. The molecule has 1 aromatic heterocycles. The van der Waals surface area contributed by atoms with Gasteiger partial charge < -0.3 is 14.5 Å². The largest absolute Gasteiger partial charge is 0.356 e. The summed E-state index contributed by atoms with van der Waals surface area (Å²) in [5.74, 6) is -0.218. The van der Waals surface area contributed by atoms with Crippen molar-refractivity contribution < 1.29 is 14.3 Å². The summed E-state index contributed by atoms with van der Waals surface area (Å²) in [4.78, 5) is 29.8. The van der Waals surface area contributed by atoms with Gasteiger partial charge >= 0.3 is 0 Å². The molecule has 138 valence electrons. The quantitative estimate of drug-likeness (QED) is 0.829. The molecular formula is C20H24N2O3S. The normalized spacial score (nSPS) is 20.3. The monoisotopic (exact) mass is 372 g/mol. The van der Waals surface area contributed by atoms with Crippen LogP contribution in [0.15, 0.2) is 35.7 Å². The average Bonchev–Trinajstić information content (AvgIpc) is 3.02. The lowest BCUT2D eigenvalue weighted by Gasteiger charge is -2.40. The Morgan fingerprint density at radius 2 is 2.00 bits per heavy atom. The van der Waals surface area contributed by atoms with Crippen molar-refractivity contribution in [2.24, 2.45) is 0 Å². The van der Waals surface area contributed by atoms with E-state index in [1.807, 2.05) is 43.5 Å². The fourth-order valence-corrected chi connectivity index (χ4v) is 4.24. The van der Waals surface area contributed by atoms with Gasteiger partial charge in [-0.25, -0.2) is 0 Å². The number of carbonyl (C=O) groups is 2. The molecule has 0 spiro atoms. The average molecular weight is 372 g/mol. The molecule has 0 saturated carbocycles. The summed E-state index contributed by atoms with van der Waals surface area (Å²) >= 11 is 1.64. The van der Waals surface area contributed by atoms with Gasteiger partial charge in [-0.05, 0) is 42.0 Å². The lowest BCUT2D eigenvalue weighted by Crippen LogP contribution is -2.53. The van der Waals surface area contributed by atoms with Crippen LogP contribution in [0.4, 0.5) is 0 Å². The van der Waals surface area contributed by atoms with Gasteiger partial charge in [0, 0.05) is 19.0 Å². The summed E-state index contributed by atoms with van der Waals surface area (Å²) < 4.78 is 5.74. The maximum atomic E-state index is 13.2. The number of benzene rings is 1. The van der Waals surface area contributed by atoms with Crippen LogP contribution < -0.4 is 0 Å². The van der Waals surface area contributed by atoms with Crippen LogP contribution in [0.5, 0.6) is 0 Å². The molecule has 1 aliphatic rings. The summed E-state index contributed by atoms with van der Waals surface area (Å²) in [6, 6.07) is 9.46. The summed E-state index contributed by atoms with van der Waals surface area (Å²) in [6.45, 7) is 4.51. The summed E-state index contributed by atoms with van der Waals surface area (Å²) in [5.41, 5.74) is 3.17. The standard InChI is InChI=1S/C20H24N2O3S/c1-13-7-5-6-8-15(13)18-19(25-12-17(23)22(18)4)20(24)21(3)11-16-14(2)9-10-26-16/h5-10,18-19H,11-12H2,1-4H3/t18-,19+/m1/s1. The van der Waals surface area contributed by atoms with Crippen LogP contribution in [0.3, 0.4) is 0 Å². The lowest BCUT2D eigenvalue weighted by molar-refractivity contribution is -0.167. The van der Waals surface area contributed by atoms with E-state index in [1.165, 1.54) is 5.56 Å². The Labute approximate surface area is 158 Å².